The zero-order valence-corrected chi connectivity index (χ0v) is 30.0. The van der Waals surface area contributed by atoms with Crippen LogP contribution in [0.15, 0.2) is 91.0 Å². The molecule has 7 heteroatoms. The average Bonchev–Trinajstić information content (AvgIpc) is 3.31. The molecule has 5 nitrogen and oxygen atoms in total. The van der Waals surface area contributed by atoms with Gasteiger partial charge < -0.3 is 0 Å². The predicted molar refractivity (Wildman–Crippen MR) is 197 cm³/mol. The molecule has 0 aromatic heterocycles. The van der Waals surface area contributed by atoms with Gasteiger partial charge in [-0.15, -0.1) is 0 Å². The Balaban J connectivity index is 1.34. The van der Waals surface area contributed by atoms with Gasteiger partial charge in [-0.05, 0) is 13.3 Å². The Morgan fingerprint density at radius 2 is 1.24 bits per heavy atom. The van der Waals surface area contributed by atoms with Gasteiger partial charge in [-0.3, -0.25) is 0 Å². The number of unbranched alkanes of at least 4 members (excludes halogenated alkanes) is 2. The molecule has 0 radical (unpaired) electrons. The summed E-state index contributed by atoms with van der Waals surface area (Å²) in [6.45, 7) is 10.2. The molecule has 0 saturated carbocycles. The molecule has 0 bridgehead atoms. The number of fused-ring (bicyclic) bond motifs is 1. The van der Waals surface area contributed by atoms with E-state index in [1.807, 2.05) is 13.8 Å². The zero-order chi connectivity index (χ0) is 33.1. The number of halogens is 1. The van der Waals surface area contributed by atoms with Gasteiger partial charge in [-0.25, -0.2) is 0 Å². The number of carbonyl (C=O) groups is 3. The molecule has 3 amide bonds. The van der Waals surface area contributed by atoms with Gasteiger partial charge in [0.2, 0.25) is 0 Å². The quantitative estimate of drug-likeness (QED) is 0.0919. The van der Waals surface area contributed by atoms with Crippen molar-refractivity contribution < 1.29 is 14.4 Å². The first-order valence-electron chi connectivity index (χ1n) is 16.2. The Labute approximate surface area is 281 Å². The number of rotatable bonds is 12. The number of hydrogen-bond donors (Lipinski definition) is 1. The maximum atomic E-state index is 13.2. The van der Waals surface area contributed by atoms with Gasteiger partial charge in [-0.1, -0.05) is 6.92 Å². The minimum atomic E-state index is -3.06. The predicted octanol–water partition coefficient (Wildman–Crippen LogP) is 8.34. The summed E-state index contributed by atoms with van der Waals surface area (Å²) in [6, 6.07) is 31.8. The Morgan fingerprint density at radius 3 is 1.72 bits per heavy atom. The maximum absolute atomic E-state index is 13.2. The molecule has 4 aromatic rings. The first-order chi connectivity index (χ1) is 22.0. The fourth-order valence-electron chi connectivity index (χ4n) is 6.48. The molecule has 1 unspecified atom stereocenters. The van der Waals surface area contributed by atoms with Crippen molar-refractivity contribution in [2.45, 2.75) is 72.8 Å². The molecule has 0 aliphatic carbocycles. The summed E-state index contributed by atoms with van der Waals surface area (Å²) in [7, 11) is 0. The first-order valence-corrected chi connectivity index (χ1v) is 20.7. The fourth-order valence-corrected chi connectivity index (χ4v) is 14.2. The van der Waals surface area contributed by atoms with Crippen molar-refractivity contribution in [1.82, 2.24) is 4.90 Å². The third-order valence-corrected chi connectivity index (χ3v) is 19.5. The van der Waals surface area contributed by atoms with Crippen molar-refractivity contribution in [3.05, 3.63) is 119 Å². The number of carbonyl (C=O) groups excluding carboxylic acids is 3. The van der Waals surface area contributed by atoms with Crippen LogP contribution in [-0.4, -0.2) is 34.8 Å². The van der Waals surface area contributed by atoms with Crippen LogP contribution in [0.2, 0.25) is 0 Å². The van der Waals surface area contributed by atoms with Crippen molar-refractivity contribution in [3.8, 4) is 0 Å². The molecule has 1 heterocycles. The van der Waals surface area contributed by atoms with Crippen LogP contribution in [0.5, 0.6) is 0 Å². The summed E-state index contributed by atoms with van der Waals surface area (Å²) in [4.78, 5) is 40.6. The number of aryl methyl sites for hydroxylation is 3. The van der Waals surface area contributed by atoms with Gasteiger partial charge in [-0.2, -0.15) is 0 Å². The van der Waals surface area contributed by atoms with E-state index in [-0.39, 0.29) is 23.8 Å². The van der Waals surface area contributed by atoms with Gasteiger partial charge in [0.25, 0.3) is 0 Å². The molecule has 240 valence electrons. The number of nitrogens with one attached hydrogen (secondary N) is 1. The number of anilines is 1. The fraction of sp³-hybridized carbons (Fsp3) is 0.308. The van der Waals surface area contributed by atoms with E-state index in [0.717, 1.165) is 19.0 Å². The molecular weight excluding hydrogens is 655 g/mol. The van der Waals surface area contributed by atoms with E-state index in [1.54, 1.807) is 18.2 Å². The third-order valence-electron chi connectivity index (χ3n) is 9.45. The van der Waals surface area contributed by atoms with Gasteiger partial charge in [0.1, 0.15) is 0 Å². The van der Waals surface area contributed by atoms with E-state index >= 15 is 0 Å². The summed E-state index contributed by atoms with van der Waals surface area (Å²) in [5.41, 5.74) is 4.74. The van der Waals surface area contributed by atoms with Crippen LogP contribution >= 0.6 is 20.8 Å². The van der Waals surface area contributed by atoms with Gasteiger partial charge in [0.05, 0.1) is 0 Å². The second-order valence-electron chi connectivity index (χ2n) is 12.7. The molecule has 1 atom stereocenters. The van der Waals surface area contributed by atoms with Crippen molar-refractivity contribution in [1.29, 1.82) is 0 Å². The SMILES string of the molecule is CCC(C)N1C(=O)c2cccc(NC(=O)CCCCCP(Br)(c3ccc(C)cc3)(c3ccc(C)cc3)c3ccc(C)cc3)c2C1=O. The Bertz CT molecular complexity index is 1640. The molecule has 1 aliphatic rings. The normalized spacial score (nSPS) is 14.5. The van der Waals surface area contributed by atoms with Crippen molar-refractivity contribution >= 4 is 60.1 Å². The molecule has 0 spiro atoms. The second-order valence-corrected chi connectivity index (χ2v) is 21.8. The van der Waals surface area contributed by atoms with E-state index in [2.05, 4.69) is 114 Å². The minimum absolute atomic E-state index is 0.150. The van der Waals surface area contributed by atoms with Crippen LogP contribution in [0.4, 0.5) is 5.69 Å². The average molecular weight is 700 g/mol. The van der Waals surface area contributed by atoms with Crippen LogP contribution in [0.1, 0.15) is 83.4 Å². The van der Waals surface area contributed by atoms with Crippen LogP contribution in [0, 0.1) is 20.8 Å². The summed E-state index contributed by atoms with van der Waals surface area (Å²) >= 11 is 4.56. The van der Waals surface area contributed by atoms with Crippen LogP contribution < -0.4 is 21.2 Å². The molecular formula is C39H44BrN2O3P. The zero-order valence-electron chi connectivity index (χ0n) is 27.5. The van der Waals surface area contributed by atoms with Crippen LogP contribution in [0.3, 0.4) is 0 Å². The molecule has 5 rings (SSSR count). The first kappa shape index (κ1) is 33.8. The van der Waals surface area contributed by atoms with Crippen LogP contribution in [-0.2, 0) is 4.79 Å². The van der Waals surface area contributed by atoms with Gasteiger partial charge in [0.15, 0.2) is 0 Å². The third kappa shape index (κ3) is 6.22. The van der Waals surface area contributed by atoms with Gasteiger partial charge >= 0.3 is 262 Å². The van der Waals surface area contributed by atoms with E-state index in [1.165, 1.54) is 37.5 Å². The van der Waals surface area contributed by atoms with Gasteiger partial charge in [0, 0.05) is 0 Å². The van der Waals surface area contributed by atoms with E-state index in [0.29, 0.717) is 36.1 Å². The topological polar surface area (TPSA) is 66.5 Å². The van der Waals surface area contributed by atoms with E-state index in [9.17, 15) is 14.4 Å². The number of benzene rings is 4. The molecule has 4 aromatic carbocycles. The standard InChI is InChI=1S/C39H44BrN2O3P/c1-6-30(5)42-38(44)34-11-10-12-35(37(34)39(42)45)41-36(43)13-8-7-9-26-46(40,31-20-14-27(2)15-21-31,32-22-16-28(3)17-23-32)33-24-18-29(4)19-25-33/h10-12,14-25,30H,6-9,13,26H2,1-5H3,(H,41,43). The Morgan fingerprint density at radius 1 is 0.739 bits per heavy atom. The molecule has 0 saturated heterocycles. The van der Waals surface area contributed by atoms with E-state index in [4.69, 9.17) is 0 Å². The van der Waals surface area contributed by atoms with E-state index < -0.39 is 5.31 Å². The summed E-state index contributed by atoms with van der Waals surface area (Å²) in [5.74, 6) is -0.781. The second kappa shape index (κ2) is 13.6. The van der Waals surface area contributed by atoms with Crippen molar-refractivity contribution in [3.63, 3.8) is 0 Å². The number of nitrogens with zero attached hydrogens (tertiary/aromatic N) is 1. The van der Waals surface area contributed by atoms with Crippen LogP contribution in [0.25, 0.3) is 0 Å². The Kier molecular flexibility index (Phi) is 10.0. The van der Waals surface area contributed by atoms with Crippen molar-refractivity contribution in [2.75, 3.05) is 11.5 Å². The number of amides is 3. The molecule has 1 aliphatic heterocycles. The number of hydrogen-bond acceptors (Lipinski definition) is 3. The summed E-state index contributed by atoms with van der Waals surface area (Å²) in [5, 5.41) is 3.77. The Hall–Kier alpha value is -3.60. The summed E-state index contributed by atoms with van der Waals surface area (Å²) in [6.07, 6.45) is 4.41. The number of imide groups is 1. The summed E-state index contributed by atoms with van der Waals surface area (Å²) < 4.78 is 0. The molecule has 0 fully saturated rings. The van der Waals surface area contributed by atoms with Crippen molar-refractivity contribution in [2.24, 2.45) is 0 Å². The molecule has 46 heavy (non-hydrogen) atoms. The monoisotopic (exact) mass is 698 g/mol. The molecule has 1 N–H and O–H groups in total.